The van der Waals surface area contributed by atoms with Gasteiger partial charge in [-0.15, -0.1) is 0 Å². The first-order valence-electron chi connectivity index (χ1n) is 6.29. The lowest BCUT2D eigenvalue weighted by atomic mass is 9.99. The van der Waals surface area contributed by atoms with Crippen molar-refractivity contribution in [2.24, 2.45) is 0 Å². The second kappa shape index (κ2) is 5.43. The van der Waals surface area contributed by atoms with Crippen molar-refractivity contribution in [1.29, 1.82) is 0 Å². The highest BCUT2D eigenvalue weighted by molar-refractivity contribution is 5.97. The molecule has 0 saturated heterocycles. The summed E-state index contributed by atoms with van der Waals surface area (Å²) in [4.78, 5) is 24.6. The SMILES string of the molecule is CC(C)c1ccc(C(=O)N(C)C(C)(C)C(=O)O)cc1. The molecule has 1 aromatic rings. The monoisotopic (exact) mass is 263 g/mol. The Balaban J connectivity index is 2.98. The summed E-state index contributed by atoms with van der Waals surface area (Å²) in [6.07, 6.45) is 0. The van der Waals surface area contributed by atoms with E-state index < -0.39 is 11.5 Å². The molecule has 0 bridgehead atoms. The maximum atomic E-state index is 12.2. The van der Waals surface area contributed by atoms with Crippen LogP contribution >= 0.6 is 0 Å². The lowest BCUT2D eigenvalue weighted by Gasteiger charge is -2.31. The lowest BCUT2D eigenvalue weighted by molar-refractivity contribution is -0.147. The van der Waals surface area contributed by atoms with Gasteiger partial charge in [0.1, 0.15) is 5.54 Å². The fourth-order valence-electron chi connectivity index (χ4n) is 1.60. The zero-order chi connectivity index (χ0) is 14.8. The van der Waals surface area contributed by atoms with Crippen LogP contribution in [0.25, 0.3) is 0 Å². The van der Waals surface area contributed by atoms with Gasteiger partial charge in [0, 0.05) is 12.6 Å². The fraction of sp³-hybridized carbons (Fsp3) is 0.467. The third-order valence-corrected chi connectivity index (χ3v) is 3.49. The Morgan fingerprint density at radius 1 is 1.16 bits per heavy atom. The van der Waals surface area contributed by atoms with Crippen molar-refractivity contribution in [2.75, 3.05) is 7.05 Å². The second-order valence-corrected chi connectivity index (χ2v) is 5.51. The molecule has 0 aromatic heterocycles. The normalized spacial score (nSPS) is 11.5. The summed E-state index contributed by atoms with van der Waals surface area (Å²) in [5, 5.41) is 9.13. The Bertz CT molecular complexity index is 475. The largest absolute Gasteiger partial charge is 0.480 e. The highest BCUT2D eigenvalue weighted by Crippen LogP contribution is 2.19. The molecule has 104 valence electrons. The number of aliphatic carboxylic acids is 1. The van der Waals surface area contributed by atoms with E-state index in [1.807, 2.05) is 12.1 Å². The van der Waals surface area contributed by atoms with Crippen LogP contribution in [-0.4, -0.2) is 34.5 Å². The number of rotatable bonds is 4. The fourth-order valence-corrected chi connectivity index (χ4v) is 1.60. The minimum Gasteiger partial charge on any atom is -0.480 e. The first-order chi connectivity index (χ1) is 8.67. The van der Waals surface area contributed by atoms with Crippen molar-refractivity contribution >= 4 is 11.9 Å². The third-order valence-electron chi connectivity index (χ3n) is 3.49. The van der Waals surface area contributed by atoms with Crippen molar-refractivity contribution in [3.8, 4) is 0 Å². The van der Waals surface area contributed by atoms with Crippen LogP contribution < -0.4 is 0 Å². The van der Waals surface area contributed by atoms with Crippen molar-refractivity contribution in [3.05, 3.63) is 35.4 Å². The summed E-state index contributed by atoms with van der Waals surface area (Å²) in [7, 11) is 1.51. The van der Waals surface area contributed by atoms with Crippen LogP contribution in [0, 0.1) is 0 Å². The van der Waals surface area contributed by atoms with Gasteiger partial charge in [-0.2, -0.15) is 0 Å². The molecule has 4 nitrogen and oxygen atoms in total. The van der Waals surface area contributed by atoms with Crippen molar-refractivity contribution in [1.82, 2.24) is 4.90 Å². The number of nitrogens with zero attached hydrogens (tertiary/aromatic N) is 1. The Morgan fingerprint density at radius 2 is 1.63 bits per heavy atom. The quantitative estimate of drug-likeness (QED) is 0.908. The number of carboxylic acid groups (broad SMARTS) is 1. The maximum absolute atomic E-state index is 12.2. The van der Waals surface area contributed by atoms with Crippen LogP contribution in [0.5, 0.6) is 0 Å². The van der Waals surface area contributed by atoms with Gasteiger partial charge in [-0.25, -0.2) is 4.79 Å². The molecule has 1 amide bonds. The second-order valence-electron chi connectivity index (χ2n) is 5.51. The third kappa shape index (κ3) is 3.13. The van der Waals surface area contributed by atoms with E-state index in [2.05, 4.69) is 13.8 Å². The summed E-state index contributed by atoms with van der Waals surface area (Å²) in [5.74, 6) is -0.915. The Kier molecular flexibility index (Phi) is 4.35. The molecule has 0 atom stereocenters. The average molecular weight is 263 g/mol. The lowest BCUT2D eigenvalue weighted by Crippen LogP contribution is -2.50. The molecule has 1 N–H and O–H groups in total. The Hall–Kier alpha value is -1.84. The number of benzene rings is 1. The minimum atomic E-state index is -1.23. The number of carbonyl (C=O) groups is 2. The molecule has 0 spiro atoms. The summed E-state index contributed by atoms with van der Waals surface area (Å²) >= 11 is 0. The van der Waals surface area contributed by atoms with E-state index in [9.17, 15) is 9.59 Å². The van der Waals surface area contributed by atoms with Gasteiger partial charge in [-0.05, 0) is 37.5 Å². The molecule has 4 heteroatoms. The van der Waals surface area contributed by atoms with Gasteiger partial charge in [-0.1, -0.05) is 26.0 Å². The zero-order valence-corrected chi connectivity index (χ0v) is 12.1. The molecule has 0 saturated carbocycles. The van der Waals surface area contributed by atoms with Crippen LogP contribution in [0.1, 0.15) is 49.5 Å². The van der Waals surface area contributed by atoms with E-state index in [0.717, 1.165) is 5.56 Å². The van der Waals surface area contributed by atoms with E-state index in [1.165, 1.54) is 25.8 Å². The van der Waals surface area contributed by atoms with E-state index >= 15 is 0 Å². The first-order valence-corrected chi connectivity index (χ1v) is 6.29. The van der Waals surface area contributed by atoms with Crippen LogP contribution in [0.3, 0.4) is 0 Å². The molecule has 0 radical (unpaired) electrons. The summed E-state index contributed by atoms with van der Waals surface area (Å²) in [6, 6.07) is 7.29. The van der Waals surface area contributed by atoms with E-state index in [-0.39, 0.29) is 5.91 Å². The molecule has 0 aliphatic heterocycles. The summed E-state index contributed by atoms with van der Waals surface area (Å²) < 4.78 is 0. The molecule has 19 heavy (non-hydrogen) atoms. The van der Waals surface area contributed by atoms with Gasteiger partial charge in [0.05, 0.1) is 0 Å². The number of carboxylic acids is 1. The van der Waals surface area contributed by atoms with Gasteiger partial charge >= 0.3 is 5.97 Å². The zero-order valence-electron chi connectivity index (χ0n) is 12.1. The van der Waals surface area contributed by atoms with Gasteiger partial charge < -0.3 is 10.0 Å². The standard InChI is InChI=1S/C15H21NO3/c1-10(2)11-6-8-12(9-7-11)13(17)16(5)15(3,4)14(18)19/h6-10H,1-5H3,(H,18,19). The molecule has 0 unspecified atom stereocenters. The first kappa shape index (κ1) is 15.2. The predicted octanol–water partition coefficient (Wildman–Crippen LogP) is 2.75. The number of likely N-dealkylation sites (N-methyl/N-ethyl adjacent to an activating group) is 1. The average Bonchev–Trinajstić information content (AvgIpc) is 2.36. The molecule has 0 aliphatic carbocycles. The maximum Gasteiger partial charge on any atom is 0.329 e. The van der Waals surface area contributed by atoms with Gasteiger partial charge in [0.2, 0.25) is 0 Å². The highest BCUT2D eigenvalue weighted by Gasteiger charge is 2.35. The highest BCUT2D eigenvalue weighted by atomic mass is 16.4. The van der Waals surface area contributed by atoms with Crippen LogP contribution in [0.15, 0.2) is 24.3 Å². The van der Waals surface area contributed by atoms with E-state index in [4.69, 9.17) is 5.11 Å². The molecule has 0 aliphatic rings. The Labute approximate surface area is 114 Å². The van der Waals surface area contributed by atoms with Crippen molar-refractivity contribution in [3.63, 3.8) is 0 Å². The molecular weight excluding hydrogens is 242 g/mol. The van der Waals surface area contributed by atoms with Gasteiger partial charge in [-0.3, -0.25) is 4.79 Å². The van der Waals surface area contributed by atoms with E-state index in [0.29, 0.717) is 11.5 Å². The number of amides is 1. The summed E-state index contributed by atoms with van der Waals surface area (Å²) in [6.45, 7) is 7.18. The molecular formula is C15H21NO3. The van der Waals surface area contributed by atoms with Gasteiger partial charge in [0.15, 0.2) is 0 Å². The van der Waals surface area contributed by atoms with Crippen LogP contribution in [0.4, 0.5) is 0 Å². The smallest absolute Gasteiger partial charge is 0.329 e. The van der Waals surface area contributed by atoms with Crippen molar-refractivity contribution in [2.45, 2.75) is 39.2 Å². The van der Waals surface area contributed by atoms with E-state index in [1.54, 1.807) is 12.1 Å². The molecule has 0 fully saturated rings. The minimum absolute atomic E-state index is 0.289. The number of hydrogen-bond donors (Lipinski definition) is 1. The predicted molar refractivity (Wildman–Crippen MR) is 74.3 cm³/mol. The molecule has 0 heterocycles. The number of hydrogen-bond acceptors (Lipinski definition) is 2. The van der Waals surface area contributed by atoms with Crippen molar-refractivity contribution < 1.29 is 14.7 Å². The Morgan fingerprint density at radius 3 is 2.00 bits per heavy atom. The van der Waals surface area contributed by atoms with Gasteiger partial charge in [0.25, 0.3) is 5.91 Å². The topological polar surface area (TPSA) is 57.6 Å². The molecule has 1 aromatic carbocycles. The van der Waals surface area contributed by atoms with Crippen LogP contribution in [0.2, 0.25) is 0 Å². The van der Waals surface area contributed by atoms with Crippen LogP contribution in [-0.2, 0) is 4.79 Å². The summed E-state index contributed by atoms with van der Waals surface area (Å²) in [5.41, 5.74) is 0.422. The molecule has 1 rings (SSSR count). The number of carbonyl (C=O) groups excluding carboxylic acids is 1.